The van der Waals surface area contributed by atoms with Gasteiger partial charge in [0.1, 0.15) is 0 Å². The minimum atomic E-state index is -0.0385. The number of ether oxygens (including phenoxy) is 2. The van der Waals surface area contributed by atoms with Gasteiger partial charge in [-0.3, -0.25) is 4.79 Å². The summed E-state index contributed by atoms with van der Waals surface area (Å²) in [5, 5.41) is 6.04. The summed E-state index contributed by atoms with van der Waals surface area (Å²) < 4.78 is 11.0. The summed E-state index contributed by atoms with van der Waals surface area (Å²) in [4.78, 5) is 11.9. The number of carbonyl (C=O) groups excluding carboxylic acids is 1. The Balaban J connectivity index is 1.74. The van der Waals surface area contributed by atoms with E-state index in [1.807, 2.05) is 19.1 Å². The standard InChI is InChI=1S/C19H30N2O3/c1-15(13-23-2)21-19(22)12-20-17-8-6-7-16(11-17)14-24-18-9-4-3-5-10-18/h6-8,11,15,18,20H,3-5,9-10,12-14H2,1-2H3,(H,21,22). The third kappa shape index (κ3) is 6.89. The van der Waals surface area contributed by atoms with E-state index in [9.17, 15) is 4.79 Å². The molecule has 0 spiro atoms. The monoisotopic (exact) mass is 334 g/mol. The molecule has 0 radical (unpaired) electrons. The highest BCUT2D eigenvalue weighted by molar-refractivity contribution is 5.80. The molecule has 0 heterocycles. The van der Waals surface area contributed by atoms with Crippen LogP contribution in [-0.2, 0) is 20.9 Å². The fourth-order valence-corrected chi connectivity index (χ4v) is 3.02. The molecule has 0 aliphatic heterocycles. The van der Waals surface area contributed by atoms with Crippen molar-refractivity contribution < 1.29 is 14.3 Å². The van der Waals surface area contributed by atoms with E-state index in [-0.39, 0.29) is 18.5 Å². The molecule has 1 aliphatic carbocycles. The second kappa shape index (κ2) is 10.3. The maximum atomic E-state index is 11.9. The fourth-order valence-electron chi connectivity index (χ4n) is 3.02. The molecule has 1 aliphatic rings. The molecule has 0 bridgehead atoms. The molecule has 1 aromatic carbocycles. The number of anilines is 1. The zero-order valence-corrected chi connectivity index (χ0v) is 14.8. The van der Waals surface area contributed by atoms with Crippen LogP contribution in [0.3, 0.4) is 0 Å². The quantitative estimate of drug-likeness (QED) is 0.728. The van der Waals surface area contributed by atoms with E-state index in [1.54, 1.807) is 7.11 Å². The molecule has 1 amide bonds. The predicted octanol–water partition coefficient (Wildman–Crippen LogP) is 3.10. The van der Waals surface area contributed by atoms with Gasteiger partial charge < -0.3 is 20.1 Å². The number of benzene rings is 1. The Labute approximate surface area is 145 Å². The van der Waals surface area contributed by atoms with Crippen LogP contribution in [0.15, 0.2) is 24.3 Å². The van der Waals surface area contributed by atoms with Crippen LogP contribution in [0.1, 0.15) is 44.6 Å². The van der Waals surface area contributed by atoms with E-state index in [2.05, 4.69) is 22.8 Å². The van der Waals surface area contributed by atoms with Crippen LogP contribution >= 0.6 is 0 Å². The van der Waals surface area contributed by atoms with Crippen LogP contribution in [0.5, 0.6) is 0 Å². The Morgan fingerprint density at radius 1 is 1.29 bits per heavy atom. The molecule has 2 rings (SSSR count). The fraction of sp³-hybridized carbons (Fsp3) is 0.632. The van der Waals surface area contributed by atoms with Gasteiger partial charge in [0.2, 0.25) is 5.91 Å². The van der Waals surface area contributed by atoms with Gasteiger partial charge in [-0.25, -0.2) is 0 Å². The first kappa shape index (κ1) is 18.7. The highest BCUT2D eigenvalue weighted by atomic mass is 16.5. The lowest BCUT2D eigenvalue weighted by atomic mass is 9.98. The van der Waals surface area contributed by atoms with Gasteiger partial charge in [-0.1, -0.05) is 31.4 Å². The minimum Gasteiger partial charge on any atom is -0.383 e. The first-order valence-electron chi connectivity index (χ1n) is 8.90. The zero-order valence-electron chi connectivity index (χ0n) is 14.8. The molecule has 1 fully saturated rings. The van der Waals surface area contributed by atoms with Gasteiger partial charge in [0, 0.05) is 18.8 Å². The topological polar surface area (TPSA) is 59.6 Å². The van der Waals surface area contributed by atoms with Crippen LogP contribution in [0, 0.1) is 0 Å². The van der Waals surface area contributed by atoms with Gasteiger partial charge in [-0.2, -0.15) is 0 Å². The van der Waals surface area contributed by atoms with E-state index >= 15 is 0 Å². The summed E-state index contributed by atoms with van der Waals surface area (Å²) in [6.07, 6.45) is 6.66. The van der Waals surface area contributed by atoms with E-state index in [4.69, 9.17) is 9.47 Å². The van der Waals surface area contributed by atoms with Gasteiger partial charge in [0.05, 0.1) is 25.9 Å². The second-order valence-corrected chi connectivity index (χ2v) is 6.55. The van der Waals surface area contributed by atoms with Crippen LogP contribution in [0.25, 0.3) is 0 Å². The Morgan fingerprint density at radius 3 is 2.83 bits per heavy atom. The van der Waals surface area contributed by atoms with Crippen molar-refractivity contribution in [3.8, 4) is 0 Å². The van der Waals surface area contributed by atoms with Crippen molar-refractivity contribution in [3.05, 3.63) is 29.8 Å². The lowest BCUT2D eigenvalue weighted by Gasteiger charge is -2.22. The van der Waals surface area contributed by atoms with Crippen molar-refractivity contribution in [2.45, 2.75) is 57.8 Å². The van der Waals surface area contributed by atoms with Crippen molar-refractivity contribution in [3.63, 3.8) is 0 Å². The number of hydrogen-bond donors (Lipinski definition) is 2. The molecule has 2 N–H and O–H groups in total. The molecule has 5 nitrogen and oxygen atoms in total. The summed E-state index contributed by atoms with van der Waals surface area (Å²) >= 11 is 0. The Kier molecular flexibility index (Phi) is 8.05. The molecule has 0 aromatic heterocycles. The maximum Gasteiger partial charge on any atom is 0.239 e. The third-order valence-corrected chi connectivity index (χ3v) is 4.24. The number of amides is 1. The third-order valence-electron chi connectivity index (χ3n) is 4.24. The average molecular weight is 334 g/mol. The second-order valence-electron chi connectivity index (χ2n) is 6.55. The number of hydrogen-bond acceptors (Lipinski definition) is 4. The number of carbonyl (C=O) groups is 1. The molecule has 1 saturated carbocycles. The highest BCUT2D eigenvalue weighted by Gasteiger charge is 2.13. The summed E-state index contributed by atoms with van der Waals surface area (Å²) in [6.45, 7) is 3.32. The molecular formula is C19H30N2O3. The molecule has 1 atom stereocenters. The van der Waals surface area contributed by atoms with Crippen LogP contribution in [-0.4, -0.2) is 38.3 Å². The Hall–Kier alpha value is -1.59. The van der Waals surface area contributed by atoms with Gasteiger partial charge in [0.25, 0.3) is 0 Å². The van der Waals surface area contributed by atoms with Crippen molar-refractivity contribution in [1.29, 1.82) is 0 Å². The predicted molar refractivity (Wildman–Crippen MR) is 96.1 cm³/mol. The molecule has 1 unspecified atom stereocenters. The summed E-state index contributed by atoms with van der Waals surface area (Å²) in [5.41, 5.74) is 2.08. The smallest absolute Gasteiger partial charge is 0.239 e. The van der Waals surface area contributed by atoms with Crippen molar-refractivity contribution >= 4 is 11.6 Å². The molecule has 134 valence electrons. The molecule has 0 saturated heterocycles. The number of nitrogens with one attached hydrogen (secondary N) is 2. The first-order valence-corrected chi connectivity index (χ1v) is 8.90. The largest absolute Gasteiger partial charge is 0.383 e. The SMILES string of the molecule is COCC(C)NC(=O)CNc1cccc(COC2CCCCC2)c1. The summed E-state index contributed by atoms with van der Waals surface area (Å²) in [6, 6.07) is 8.09. The van der Waals surface area contributed by atoms with Crippen molar-refractivity contribution in [2.24, 2.45) is 0 Å². The number of rotatable bonds is 9. The van der Waals surface area contributed by atoms with E-state index in [0.29, 0.717) is 19.3 Å². The maximum absolute atomic E-state index is 11.9. The van der Waals surface area contributed by atoms with Gasteiger partial charge in [-0.15, -0.1) is 0 Å². The van der Waals surface area contributed by atoms with Crippen LogP contribution in [0.2, 0.25) is 0 Å². The van der Waals surface area contributed by atoms with Gasteiger partial charge >= 0.3 is 0 Å². The van der Waals surface area contributed by atoms with Gasteiger partial charge in [-0.05, 0) is 37.5 Å². The summed E-state index contributed by atoms with van der Waals surface area (Å²) in [7, 11) is 1.63. The minimum absolute atomic E-state index is 0.0135. The van der Waals surface area contributed by atoms with Crippen molar-refractivity contribution in [1.82, 2.24) is 5.32 Å². The molecular weight excluding hydrogens is 304 g/mol. The van der Waals surface area contributed by atoms with E-state index in [0.717, 1.165) is 11.3 Å². The summed E-state index contributed by atoms with van der Waals surface area (Å²) in [5.74, 6) is -0.0385. The molecule has 5 heteroatoms. The zero-order chi connectivity index (χ0) is 17.2. The van der Waals surface area contributed by atoms with E-state index < -0.39 is 0 Å². The van der Waals surface area contributed by atoms with Gasteiger partial charge in [0.15, 0.2) is 0 Å². The Bertz CT molecular complexity index is 501. The van der Waals surface area contributed by atoms with E-state index in [1.165, 1.54) is 32.1 Å². The average Bonchev–Trinajstić information content (AvgIpc) is 2.60. The Morgan fingerprint density at radius 2 is 2.08 bits per heavy atom. The highest BCUT2D eigenvalue weighted by Crippen LogP contribution is 2.22. The number of methoxy groups -OCH3 is 1. The molecule has 1 aromatic rings. The normalized spacial score (nSPS) is 16.6. The molecule has 24 heavy (non-hydrogen) atoms. The first-order chi connectivity index (χ1) is 11.7. The van der Waals surface area contributed by atoms with Crippen LogP contribution < -0.4 is 10.6 Å². The lowest BCUT2D eigenvalue weighted by molar-refractivity contribution is -0.120. The lowest BCUT2D eigenvalue weighted by Crippen LogP contribution is -2.39. The van der Waals surface area contributed by atoms with Crippen molar-refractivity contribution in [2.75, 3.05) is 25.6 Å². The van der Waals surface area contributed by atoms with Crippen LogP contribution in [0.4, 0.5) is 5.69 Å².